The lowest BCUT2D eigenvalue weighted by molar-refractivity contribution is 0.246. The van der Waals surface area contributed by atoms with E-state index >= 15 is 0 Å². The third-order valence-electron chi connectivity index (χ3n) is 6.13. The standard InChI is InChI=1S/C27H27N7O3S/c1-17-4-10-22(11-5-17)38(36,37)33-27(35)28-14-12-20-6-8-21(9-7-20)34-25(23-13-15-29-32-23)31-24-18(2)16-19(3)30-26(24)34/h4-11,13,15-16H,12,14H2,1-3H3,(H,29,32)(H2,28,33,35). The van der Waals surface area contributed by atoms with Gasteiger partial charge in [-0.2, -0.15) is 5.10 Å². The molecule has 0 aliphatic carbocycles. The highest BCUT2D eigenvalue weighted by Crippen LogP contribution is 2.28. The Morgan fingerprint density at radius 3 is 2.39 bits per heavy atom. The summed E-state index contributed by atoms with van der Waals surface area (Å²) in [6.07, 6.45) is 2.20. The number of rotatable bonds is 7. The molecule has 10 nitrogen and oxygen atoms in total. The van der Waals surface area contributed by atoms with E-state index in [4.69, 9.17) is 9.97 Å². The first-order chi connectivity index (χ1) is 18.2. The number of carbonyl (C=O) groups is 1. The van der Waals surface area contributed by atoms with Gasteiger partial charge in [0.1, 0.15) is 11.2 Å². The van der Waals surface area contributed by atoms with Crippen molar-refractivity contribution in [3.05, 3.63) is 89.2 Å². The molecule has 0 bridgehead atoms. The zero-order chi connectivity index (χ0) is 26.9. The van der Waals surface area contributed by atoms with Gasteiger partial charge in [-0.1, -0.05) is 29.8 Å². The van der Waals surface area contributed by atoms with Crippen molar-refractivity contribution in [1.29, 1.82) is 0 Å². The summed E-state index contributed by atoms with van der Waals surface area (Å²) >= 11 is 0. The summed E-state index contributed by atoms with van der Waals surface area (Å²) in [7, 11) is -3.93. The minimum Gasteiger partial charge on any atom is -0.337 e. The topological polar surface area (TPSA) is 135 Å². The van der Waals surface area contributed by atoms with Gasteiger partial charge >= 0.3 is 6.03 Å². The number of fused-ring (bicyclic) bond motifs is 1. The van der Waals surface area contributed by atoms with Gasteiger partial charge in [0, 0.05) is 24.1 Å². The zero-order valence-corrected chi connectivity index (χ0v) is 22.0. The maximum absolute atomic E-state index is 12.4. The van der Waals surface area contributed by atoms with Crippen LogP contribution < -0.4 is 10.0 Å². The quantitative estimate of drug-likeness (QED) is 0.292. The van der Waals surface area contributed by atoms with E-state index in [2.05, 4.69) is 15.5 Å². The molecule has 5 rings (SSSR count). The Bertz CT molecular complexity index is 1710. The van der Waals surface area contributed by atoms with Crippen LogP contribution in [0.1, 0.15) is 22.4 Å². The van der Waals surface area contributed by atoms with E-state index in [1.807, 2.05) is 66.5 Å². The van der Waals surface area contributed by atoms with Crippen LogP contribution in [0.25, 0.3) is 28.4 Å². The summed E-state index contributed by atoms with van der Waals surface area (Å²) in [6, 6.07) is 17.3. The molecule has 0 atom stereocenters. The number of pyridine rings is 1. The molecule has 11 heteroatoms. The molecule has 5 aromatic rings. The smallest absolute Gasteiger partial charge is 0.328 e. The van der Waals surface area contributed by atoms with Crippen molar-refractivity contribution in [3.8, 4) is 17.2 Å². The van der Waals surface area contributed by atoms with Crippen molar-refractivity contribution >= 4 is 27.2 Å². The number of H-pyrrole nitrogens is 1. The molecule has 0 spiro atoms. The monoisotopic (exact) mass is 529 g/mol. The molecule has 0 unspecified atom stereocenters. The van der Waals surface area contributed by atoms with Crippen molar-refractivity contribution < 1.29 is 13.2 Å². The van der Waals surface area contributed by atoms with E-state index < -0.39 is 16.1 Å². The first-order valence-electron chi connectivity index (χ1n) is 12.0. The second kappa shape index (κ2) is 10.1. The van der Waals surface area contributed by atoms with E-state index in [0.717, 1.165) is 44.9 Å². The van der Waals surface area contributed by atoms with Crippen molar-refractivity contribution in [2.75, 3.05) is 6.54 Å². The number of hydrogen-bond donors (Lipinski definition) is 3. The van der Waals surface area contributed by atoms with E-state index in [1.165, 1.54) is 12.1 Å². The summed E-state index contributed by atoms with van der Waals surface area (Å²) in [5, 5.41) is 9.67. The lowest BCUT2D eigenvalue weighted by atomic mass is 10.1. The molecule has 194 valence electrons. The molecule has 0 aliphatic rings. The second-order valence-electron chi connectivity index (χ2n) is 9.08. The van der Waals surface area contributed by atoms with E-state index in [9.17, 15) is 13.2 Å². The number of amides is 2. The molecule has 2 amide bonds. The Balaban J connectivity index is 1.29. The number of benzene rings is 2. The number of nitrogens with zero attached hydrogens (tertiary/aromatic N) is 4. The summed E-state index contributed by atoms with van der Waals surface area (Å²) in [6.45, 7) is 6.10. The third kappa shape index (κ3) is 5.14. The van der Waals surface area contributed by atoms with Gasteiger partial charge in [-0.05, 0) is 74.7 Å². The highest BCUT2D eigenvalue weighted by atomic mass is 32.2. The van der Waals surface area contributed by atoms with Gasteiger partial charge in [0.25, 0.3) is 10.0 Å². The number of urea groups is 1. The molecule has 3 N–H and O–H groups in total. The Morgan fingerprint density at radius 1 is 0.974 bits per heavy atom. The average Bonchev–Trinajstić information content (AvgIpc) is 3.53. The number of imidazole rings is 1. The normalized spacial score (nSPS) is 11.6. The minimum absolute atomic E-state index is 0.0373. The first-order valence-corrected chi connectivity index (χ1v) is 13.5. The number of sulfonamides is 1. The van der Waals surface area contributed by atoms with Crippen LogP contribution in [0.4, 0.5) is 4.79 Å². The number of aromatic nitrogens is 5. The molecule has 0 saturated carbocycles. The van der Waals surface area contributed by atoms with Gasteiger partial charge < -0.3 is 5.32 Å². The zero-order valence-electron chi connectivity index (χ0n) is 21.2. The minimum atomic E-state index is -3.93. The van der Waals surface area contributed by atoms with Crippen LogP contribution in [0.5, 0.6) is 0 Å². The Morgan fingerprint density at radius 2 is 1.71 bits per heavy atom. The summed E-state index contributed by atoms with van der Waals surface area (Å²) in [5.74, 6) is 0.708. The number of carbonyl (C=O) groups excluding carboxylic acids is 1. The highest BCUT2D eigenvalue weighted by Gasteiger charge is 2.19. The van der Waals surface area contributed by atoms with Crippen LogP contribution >= 0.6 is 0 Å². The highest BCUT2D eigenvalue weighted by molar-refractivity contribution is 7.90. The molecule has 38 heavy (non-hydrogen) atoms. The van der Waals surface area contributed by atoms with Crippen molar-refractivity contribution in [2.45, 2.75) is 32.1 Å². The number of hydrogen-bond acceptors (Lipinski definition) is 6. The van der Waals surface area contributed by atoms with Gasteiger partial charge in [0.15, 0.2) is 11.5 Å². The first kappa shape index (κ1) is 25.2. The molecule has 2 aromatic carbocycles. The lowest BCUT2D eigenvalue weighted by Crippen LogP contribution is -2.40. The maximum Gasteiger partial charge on any atom is 0.328 e. The van der Waals surface area contributed by atoms with Gasteiger partial charge in [0.05, 0.1) is 4.90 Å². The Kier molecular flexibility index (Phi) is 6.68. The predicted molar refractivity (Wildman–Crippen MR) is 145 cm³/mol. The molecular weight excluding hydrogens is 502 g/mol. The molecule has 0 radical (unpaired) electrons. The molecule has 0 aliphatic heterocycles. The molecule has 3 aromatic heterocycles. The van der Waals surface area contributed by atoms with Crippen LogP contribution in [0.15, 0.2) is 71.8 Å². The fraction of sp³-hybridized carbons (Fsp3) is 0.185. The van der Waals surface area contributed by atoms with Crippen LogP contribution in [-0.4, -0.2) is 45.7 Å². The van der Waals surface area contributed by atoms with E-state index in [1.54, 1.807) is 18.3 Å². The van der Waals surface area contributed by atoms with Crippen LogP contribution in [0.2, 0.25) is 0 Å². The molecular formula is C27H27N7O3S. The molecule has 3 heterocycles. The number of aromatic amines is 1. The predicted octanol–water partition coefficient (Wildman–Crippen LogP) is 3.97. The summed E-state index contributed by atoms with van der Waals surface area (Å²) < 4.78 is 28.8. The SMILES string of the molecule is Cc1ccc(S(=O)(=O)NC(=O)NCCc2ccc(-n3c(-c4ccn[nH]4)nc4c(C)cc(C)nc43)cc2)cc1. The summed E-state index contributed by atoms with van der Waals surface area (Å²) in [4.78, 5) is 21.8. The van der Waals surface area contributed by atoms with Gasteiger partial charge in [-0.3, -0.25) is 9.67 Å². The van der Waals surface area contributed by atoms with Crippen molar-refractivity contribution in [1.82, 2.24) is 34.8 Å². The molecule has 0 fully saturated rings. The Labute approximate surface area is 220 Å². The van der Waals surface area contributed by atoms with Crippen LogP contribution in [0, 0.1) is 20.8 Å². The van der Waals surface area contributed by atoms with Gasteiger partial charge in [-0.15, -0.1) is 0 Å². The van der Waals surface area contributed by atoms with Gasteiger partial charge in [0.2, 0.25) is 0 Å². The maximum atomic E-state index is 12.4. The summed E-state index contributed by atoms with van der Waals surface area (Å²) in [5.41, 5.74) is 7.08. The largest absolute Gasteiger partial charge is 0.337 e. The lowest BCUT2D eigenvalue weighted by Gasteiger charge is -2.11. The van der Waals surface area contributed by atoms with E-state index in [0.29, 0.717) is 12.2 Å². The number of nitrogens with one attached hydrogen (secondary N) is 3. The molecule has 0 saturated heterocycles. The van der Waals surface area contributed by atoms with Crippen molar-refractivity contribution in [2.24, 2.45) is 0 Å². The van der Waals surface area contributed by atoms with Crippen molar-refractivity contribution in [3.63, 3.8) is 0 Å². The Hall–Kier alpha value is -4.51. The van der Waals surface area contributed by atoms with E-state index in [-0.39, 0.29) is 11.4 Å². The fourth-order valence-electron chi connectivity index (χ4n) is 4.23. The van der Waals surface area contributed by atoms with Crippen LogP contribution in [0.3, 0.4) is 0 Å². The average molecular weight is 530 g/mol. The fourth-order valence-corrected chi connectivity index (χ4v) is 5.16. The van der Waals surface area contributed by atoms with Crippen LogP contribution in [-0.2, 0) is 16.4 Å². The van der Waals surface area contributed by atoms with Gasteiger partial charge in [-0.25, -0.2) is 27.9 Å². The number of aryl methyl sites for hydroxylation is 3. The third-order valence-corrected chi connectivity index (χ3v) is 7.47. The second-order valence-corrected chi connectivity index (χ2v) is 10.8.